The fourth-order valence-corrected chi connectivity index (χ4v) is 2.65. The van der Waals surface area contributed by atoms with Crippen molar-refractivity contribution in [1.29, 1.82) is 0 Å². The van der Waals surface area contributed by atoms with Gasteiger partial charge in [-0.15, -0.1) is 0 Å². The number of aryl methyl sites for hydroxylation is 1. The first-order valence-corrected chi connectivity index (χ1v) is 7.49. The third kappa shape index (κ3) is 3.21. The number of imidazole rings is 1. The Kier molecular flexibility index (Phi) is 4.07. The molecule has 23 heavy (non-hydrogen) atoms. The second kappa shape index (κ2) is 6.17. The van der Waals surface area contributed by atoms with Crippen molar-refractivity contribution in [3.63, 3.8) is 0 Å². The number of nitrogens with zero attached hydrogens (tertiary/aromatic N) is 2. The lowest BCUT2D eigenvalue weighted by Gasteiger charge is -2.08. The van der Waals surface area contributed by atoms with Crippen LogP contribution in [-0.2, 0) is 11.2 Å². The third-order valence-electron chi connectivity index (χ3n) is 3.56. The first-order chi connectivity index (χ1) is 11.0. The summed E-state index contributed by atoms with van der Waals surface area (Å²) < 4.78 is 1.86. The fourth-order valence-electron chi connectivity index (χ4n) is 2.40. The van der Waals surface area contributed by atoms with E-state index < -0.39 is 0 Å². The number of H-pyrrole nitrogens is 2. The van der Waals surface area contributed by atoms with Crippen molar-refractivity contribution in [3.05, 3.63) is 57.0 Å². The molecule has 0 atom stereocenters. The summed E-state index contributed by atoms with van der Waals surface area (Å²) in [4.78, 5) is 33.6. The lowest BCUT2D eigenvalue weighted by Crippen LogP contribution is -2.24. The Hall–Kier alpha value is -2.74. The van der Waals surface area contributed by atoms with E-state index in [2.05, 4.69) is 20.4 Å². The number of benzene rings is 1. The summed E-state index contributed by atoms with van der Waals surface area (Å²) in [5, 5.41) is 0. The van der Waals surface area contributed by atoms with E-state index in [0.29, 0.717) is 17.7 Å². The summed E-state index contributed by atoms with van der Waals surface area (Å²) in [5.74, 6) is -0.200. The van der Waals surface area contributed by atoms with Crippen LogP contribution in [0.5, 0.6) is 0 Å². The first-order valence-electron chi connectivity index (χ1n) is 7.08. The average Bonchev–Trinajstić information content (AvgIpc) is 2.89. The molecule has 0 unspecified atom stereocenters. The van der Waals surface area contributed by atoms with Crippen molar-refractivity contribution in [2.45, 2.75) is 19.8 Å². The molecule has 0 aliphatic carbocycles. The molecule has 7 nitrogen and oxygen atoms in total. The standard InChI is InChI=1S/C15H15N5O2S/c1-9-10(14(22)18-15(23)17-9)6-7-13(21)19-20-8-16-11-4-2-3-5-12(11)20/h2-5,8H,6-7H2,1H3,(H,19,21)(H2,17,18,22,23). The van der Waals surface area contributed by atoms with Crippen LogP contribution in [0.15, 0.2) is 35.4 Å². The van der Waals surface area contributed by atoms with Gasteiger partial charge >= 0.3 is 0 Å². The Morgan fingerprint density at radius 2 is 2.13 bits per heavy atom. The first kappa shape index (κ1) is 15.2. The number of carbonyl (C=O) groups excluding carboxylic acids is 1. The van der Waals surface area contributed by atoms with Crippen molar-refractivity contribution in [1.82, 2.24) is 19.6 Å². The van der Waals surface area contributed by atoms with Crippen LogP contribution in [0.1, 0.15) is 17.7 Å². The zero-order valence-electron chi connectivity index (χ0n) is 12.4. The minimum absolute atomic E-state index is 0.182. The van der Waals surface area contributed by atoms with Gasteiger partial charge in [0.2, 0.25) is 5.91 Å². The van der Waals surface area contributed by atoms with Gasteiger partial charge in [-0.3, -0.25) is 20.0 Å². The Morgan fingerprint density at radius 3 is 2.91 bits per heavy atom. The maximum atomic E-state index is 12.1. The van der Waals surface area contributed by atoms with Crippen molar-refractivity contribution in [3.8, 4) is 0 Å². The van der Waals surface area contributed by atoms with Crippen molar-refractivity contribution >= 4 is 29.2 Å². The number of rotatable bonds is 4. The number of aromatic nitrogens is 4. The highest BCUT2D eigenvalue weighted by molar-refractivity contribution is 7.71. The number of amides is 1. The van der Waals surface area contributed by atoms with Gasteiger partial charge in [-0.05, 0) is 37.7 Å². The predicted molar refractivity (Wildman–Crippen MR) is 89.4 cm³/mol. The van der Waals surface area contributed by atoms with Crippen LogP contribution in [0.4, 0.5) is 0 Å². The van der Waals surface area contributed by atoms with E-state index in [9.17, 15) is 9.59 Å². The number of para-hydroxylation sites is 2. The van der Waals surface area contributed by atoms with Gasteiger partial charge in [0, 0.05) is 17.7 Å². The molecule has 1 aromatic carbocycles. The highest BCUT2D eigenvalue weighted by Gasteiger charge is 2.10. The second-order valence-electron chi connectivity index (χ2n) is 5.15. The van der Waals surface area contributed by atoms with Crippen LogP contribution in [0.25, 0.3) is 11.0 Å². The topological polar surface area (TPSA) is 95.6 Å². The third-order valence-corrected chi connectivity index (χ3v) is 3.76. The molecule has 0 saturated carbocycles. The number of aromatic amines is 2. The van der Waals surface area contributed by atoms with E-state index in [1.165, 1.54) is 0 Å². The highest BCUT2D eigenvalue weighted by Crippen LogP contribution is 2.10. The molecule has 3 rings (SSSR count). The van der Waals surface area contributed by atoms with Gasteiger partial charge in [-0.2, -0.15) is 0 Å². The summed E-state index contributed by atoms with van der Waals surface area (Å²) in [6.07, 6.45) is 2.06. The lowest BCUT2D eigenvalue weighted by atomic mass is 10.1. The van der Waals surface area contributed by atoms with Crippen LogP contribution in [0.2, 0.25) is 0 Å². The molecule has 0 aliphatic heterocycles. The maximum Gasteiger partial charge on any atom is 0.255 e. The quantitative estimate of drug-likeness (QED) is 0.636. The molecule has 3 aromatic rings. The molecule has 3 N–H and O–H groups in total. The largest absolute Gasteiger partial charge is 0.336 e. The van der Waals surface area contributed by atoms with E-state index in [0.717, 1.165) is 11.0 Å². The van der Waals surface area contributed by atoms with Gasteiger partial charge < -0.3 is 4.98 Å². The molecule has 0 aliphatic rings. The average molecular weight is 329 g/mol. The van der Waals surface area contributed by atoms with Crippen molar-refractivity contribution in [2.75, 3.05) is 5.43 Å². The van der Waals surface area contributed by atoms with Gasteiger partial charge in [0.05, 0.1) is 11.0 Å². The molecule has 2 heterocycles. The number of hydrogen-bond donors (Lipinski definition) is 3. The molecule has 8 heteroatoms. The molecule has 0 spiro atoms. The smallest absolute Gasteiger partial charge is 0.255 e. The van der Waals surface area contributed by atoms with E-state index in [4.69, 9.17) is 12.2 Å². The zero-order chi connectivity index (χ0) is 16.4. The Labute approximate surface area is 136 Å². The lowest BCUT2D eigenvalue weighted by molar-refractivity contribution is -0.117. The van der Waals surface area contributed by atoms with Gasteiger partial charge in [-0.1, -0.05) is 12.1 Å². The number of hydrogen-bond acceptors (Lipinski definition) is 4. The molecule has 0 radical (unpaired) electrons. The monoisotopic (exact) mass is 329 g/mol. The minimum Gasteiger partial charge on any atom is -0.336 e. The molecule has 0 saturated heterocycles. The molecule has 118 valence electrons. The predicted octanol–water partition coefficient (Wildman–Crippen LogP) is 1.79. The molecular weight excluding hydrogens is 314 g/mol. The summed E-state index contributed by atoms with van der Waals surface area (Å²) in [6.45, 7) is 1.77. The van der Waals surface area contributed by atoms with Crippen molar-refractivity contribution in [2.24, 2.45) is 0 Å². The van der Waals surface area contributed by atoms with Crippen LogP contribution < -0.4 is 11.0 Å². The molecule has 2 aromatic heterocycles. The summed E-state index contributed by atoms with van der Waals surface area (Å²) >= 11 is 4.90. The summed E-state index contributed by atoms with van der Waals surface area (Å²) in [6, 6.07) is 7.50. The van der Waals surface area contributed by atoms with Crippen LogP contribution in [0.3, 0.4) is 0 Å². The normalized spacial score (nSPS) is 10.8. The fraction of sp³-hybridized carbons (Fsp3) is 0.200. The number of nitrogens with one attached hydrogen (secondary N) is 3. The van der Waals surface area contributed by atoms with E-state index in [-0.39, 0.29) is 22.7 Å². The maximum absolute atomic E-state index is 12.1. The van der Waals surface area contributed by atoms with E-state index in [1.807, 2.05) is 24.3 Å². The Balaban J connectivity index is 1.71. The molecule has 1 amide bonds. The van der Waals surface area contributed by atoms with Gasteiger partial charge in [0.1, 0.15) is 6.33 Å². The Morgan fingerprint density at radius 1 is 1.35 bits per heavy atom. The molecule has 0 fully saturated rings. The number of carbonyl (C=O) groups is 1. The minimum atomic E-state index is -0.257. The number of fused-ring (bicyclic) bond motifs is 1. The summed E-state index contributed by atoms with van der Waals surface area (Å²) in [5.41, 5.74) is 5.33. The van der Waals surface area contributed by atoms with Crippen LogP contribution in [-0.4, -0.2) is 25.5 Å². The Bertz CT molecular complexity index is 985. The van der Waals surface area contributed by atoms with Gasteiger partial charge in [-0.25, -0.2) is 9.66 Å². The van der Waals surface area contributed by atoms with Crippen LogP contribution >= 0.6 is 12.2 Å². The second-order valence-corrected chi connectivity index (χ2v) is 5.56. The van der Waals surface area contributed by atoms with Crippen molar-refractivity contribution < 1.29 is 4.79 Å². The zero-order valence-corrected chi connectivity index (χ0v) is 13.2. The van der Waals surface area contributed by atoms with Gasteiger partial charge in [0.15, 0.2) is 4.77 Å². The van der Waals surface area contributed by atoms with Gasteiger partial charge in [0.25, 0.3) is 5.56 Å². The van der Waals surface area contributed by atoms with E-state index in [1.54, 1.807) is 17.9 Å². The molecular formula is C15H15N5O2S. The highest BCUT2D eigenvalue weighted by atomic mass is 32.1. The molecule has 0 bridgehead atoms. The SMILES string of the molecule is Cc1[nH]c(=S)[nH]c(=O)c1CCC(=O)Nn1cnc2ccccc21. The van der Waals surface area contributed by atoms with E-state index >= 15 is 0 Å². The van der Waals surface area contributed by atoms with Crippen LogP contribution in [0, 0.1) is 11.7 Å². The summed E-state index contributed by atoms with van der Waals surface area (Å²) in [7, 11) is 0.